The molecule has 0 aliphatic carbocycles. The average molecular weight is 473 g/mol. The lowest BCUT2D eigenvalue weighted by Gasteiger charge is -2.18. The first kappa shape index (κ1) is 24.5. The van der Waals surface area contributed by atoms with E-state index in [9.17, 15) is 18.0 Å². The zero-order valence-corrected chi connectivity index (χ0v) is 19.8. The summed E-state index contributed by atoms with van der Waals surface area (Å²) >= 11 is 0. The number of carbonyl (C=O) groups is 1. The lowest BCUT2D eigenvalue weighted by molar-refractivity contribution is -0.118. The maximum Gasteiger partial charge on any atom is 0.336 e. The van der Waals surface area contributed by atoms with Crippen LogP contribution in [0.1, 0.15) is 32.8 Å². The molecule has 176 valence electrons. The van der Waals surface area contributed by atoms with Crippen LogP contribution in [0.25, 0.3) is 11.0 Å². The average Bonchev–Trinajstić information content (AvgIpc) is 2.78. The number of sulfonamides is 1. The van der Waals surface area contributed by atoms with E-state index in [1.54, 1.807) is 44.2 Å². The van der Waals surface area contributed by atoms with Crippen molar-refractivity contribution in [2.75, 3.05) is 25.0 Å². The normalized spacial score (nSPS) is 11.6. The molecule has 0 radical (unpaired) electrons. The van der Waals surface area contributed by atoms with Crippen LogP contribution >= 0.6 is 0 Å². The second kappa shape index (κ2) is 10.6. The van der Waals surface area contributed by atoms with Gasteiger partial charge in [-0.05, 0) is 42.3 Å². The number of hydrogen-bond acceptors (Lipinski definition) is 6. The molecule has 33 heavy (non-hydrogen) atoms. The van der Waals surface area contributed by atoms with Crippen LogP contribution in [0.15, 0.2) is 62.6 Å². The van der Waals surface area contributed by atoms with E-state index in [4.69, 9.17) is 9.15 Å². The van der Waals surface area contributed by atoms with Gasteiger partial charge < -0.3 is 14.5 Å². The molecule has 0 aliphatic heterocycles. The highest BCUT2D eigenvalue weighted by Crippen LogP contribution is 2.24. The molecule has 1 N–H and O–H groups in total. The first-order valence-corrected chi connectivity index (χ1v) is 12.3. The number of ether oxygens (including phenoxy) is 1. The van der Waals surface area contributed by atoms with E-state index in [2.05, 4.69) is 5.32 Å². The molecule has 0 unspecified atom stereocenters. The lowest BCUT2D eigenvalue weighted by atomic mass is 10.1. The number of hydrogen-bond donors (Lipinski definition) is 1. The van der Waals surface area contributed by atoms with Gasteiger partial charge in [0.1, 0.15) is 11.3 Å². The molecule has 1 heterocycles. The Hall–Kier alpha value is -3.17. The zero-order chi connectivity index (χ0) is 24.0. The summed E-state index contributed by atoms with van der Waals surface area (Å²) in [5, 5.41) is 3.48. The number of benzene rings is 2. The van der Waals surface area contributed by atoms with Crippen molar-refractivity contribution in [1.82, 2.24) is 4.31 Å². The topological polar surface area (TPSA) is 106 Å². The standard InChI is InChI=1S/C24H28N2O6S/c1-4-8-17-13-24(28)32-22-15-19(11-12-21(17)22)31-16-23(27)25-18-9-7-10-20(14-18)33(29,30)26(5-2)6-3/h7,9-15H,4-6,8,16H2,1-3H3,(H,25,27). The van der Waals surface area contributed by atoms with Gasteiger partial charge in [0.25, 0.3) is 5.91 Å². The highest BCUT2D eigenvalue weighted by molar-refractivity contribution is 7.89. The van der Waals surface area contributed by atoms with Crippen LogP contribution in [0, 0.1) is 0 Å². The number of nitrogens with zero attached hydrogens (tertiary/aromatic N) is 1. The third-order valence-corrected chi connectivity index (χ3v) is 7.20. The van der Waals surface area contributed by atoms with Crippen LogP contribution in [0.4, 0.5) is 5.69 Å². The fourth-order valence-corrected chi connectivity index (χ4v) is 5.07. The minimum atomic E-state index is -3.63. The summed E-state index contributed by atoms with van der Waals surface area (Å²) in [6, 6.07) is 12.7. The van der Waals surface area contributed by atoms with Gasteiger partial charge in [-0.1, -0.05) is 33.3 Å². The Balaban J connectivity index is 1.70. The van der Waals surface area contributed by atoms with Crippen LogP contribution in [-0.2, 0) is 21.2 Å². The smallest absolute Gasteiger partial charge is 0.336 e. The maximum absolute atomic E-state index is 12.7. The molecule has 0 atom stereocenters. The van der Waals surface area contributed by atoms with Gasteiger partial charge >= 0.3 is 5.63 Å². The molecule has 0 saturated carbocycles. The molecule has 0 saturated heterocycles. The van der Waals surface area contributed by atoms with Crippen LogP contribution in [0.5, 0.6) is 5.75 Å². The molecule has 3 aromatic rings. The molecular formula is C24H28N2O6S. The first-order chi connectivity index (χ1) is 15.8. The predicted octanol–water partition coefficient (Wildman–Crippen LogP) is 3.79. The summed E-state index contributed by atoms with van der Waals surface area (Å²) in [6.07, 6.45) is 1.65. The Labute approximate surface area is 193 Å². The third kappa shape index (κ3) is 5.80. The van der Waals surface area contributed by atoms with Crippen LogP contribution in [0.3, 0.4) is 0 Å². The largest absolute Gasteiger partial charge is 0.484 e. The summed E-state index contributed by atoms with van der Waals surface area (Å²) in [6.45, 7) is 5.99. The molecule has 9 heteroatoms. The highest BCUT2D eigenvalue weighted by Gasteiger charge is 2.21. The Morgan fingerprint density at radius 1 is 1.06 bits per heavy atom. The van der Waals surface area contributed by atoms with Gasteiger partial charge in [-0.15, -0.1) is 0 Å². The summed E-state index contributed by atoms with van der Waals surface area (Å²) in [5.41, 5.74) is 1.23. The van der Waals surface area contributed by atoms with Gasteiger partial charge in [-0.3, -0.25) is 4.79 Å². The number of anilines is 1. The van der Waals surface area contributed by atoms with E-state index in [-0.39, 0.29) is 11.5 Å². The van der Waals surface area contributed by atoms with E-state index in [0.29, 0.717) is 30.1 Å². The van der Waals surface area contributed by atoms with Gasteiger partial charge in [0.2, 0.25) is 10.0 Å². The molecule has 1 aromatic heterocycles. The van der Waals surface area contributed by atoms with Crippen molar-refractivity contribution in [1.29, 1.82) is 0 Å². The van der Waals surface area contributed by atoms with Gasteiger partial charge in [-0.25, -0.2) is 13.2 Å². The minimum Gasteiger partial charge on any atom is -0.484 e. The van der Waals surface area contributed by atoms with Crippen molar-refractivity contribution in [2.24, 2.45) is 0 Å². The summed E-state index contributed by atoms with van der Waals surface area (Å²) in [5.74, 6) is -0.0685. The van der Waals surface area contributed by atoms with Crippen molar-refractivity contribution in [3.63, 3.8) is 0 Å². The molecule has 1 amide bonds. The SMILES string of the molecule is CCCc1cc(=O)oc2cc(OCC(=O)Nc3cccc(S(=O)(=O)N(CC)CC)c3)ccc12. The van der Waals surface area contributed by atoms with Gasteiger partial charge in [-0.2, -0.15) is 4.31 Å². The Bertz CT molecular complexity index is 1300. The van der Waals surface area contributed by atoms with Crippen LogP contribution < -0.4 is 15.7 Å². The van der Waals surface area contributed by atoms with Crippen molar-refractivity contribution in [2.45, 2.75) is 38.5 Å². The second-order valence-corrected chi connectivity index (χ2v) is 9.39. The molecule has 8 nitrogen and oxygen atoms in total. The van der Waals surface area contributed by atoms with Crippen molar-refractivity contribution in [3.05, 3.63) is 64.5 Å². The van der Waals surface area contributed by atoms with Crippen LogP contribution in [0.2, 0.25) is 0 Å². The minimum absolute atomic E-state index is 0.109. The number of amides is 1. The number of nitrogens with one attached hydrogen (secondary N) is 1. The van der Waals surface area contributed by atoms with E-state index in [1.165, 1.54) is 22.5 Å². The molecule has 2 aromatic carbocycles. The number of aryl methyl sites for hydroxylation is 1. The number of fused-ring (bicyclic) bond motifs is 1. The quantitative estimate of drug-likeness (QED) is 0.450. The Morgan fingerprint density at radius 3 is 2.52 bits per heavy atom. The number of carbonyl (C=O) groups excluding carboxylic acids is 1. The molecule has 3 rings (SSSR count). The van der Waals surface area contributed by atoms with E-state index < -0.39 is 21.6 Å². The Morgan fingerprint density at radius 2 is 1.82 bits per heavy atom. The van der Waals surface area contributed by atoms with Gasteiger partial charge in [0, 0.05) is 36.3 Å². The summed E-state index contributed by atoms with van der Waals surface area (Å²) in [4.78, 5) is 24.3. The summed E-state index contributed by atoms with van der Waals surface area (Å²) in [7, 11) is -3.63. The van der Waals surface area contributed by atoms with E-state index in [1.807, 2.05) is 6.92 Å². The highest BCUT2D eigenvalue weighted by atomic mass is 32.2. The number of rotatable bonds is 10. The third-order valence-electron chi connectivity index (χ3n) is 5.15. The summed E-state index contributed by atoms with van der Waals surface area (Å²) < 4.78 is 37.6. The fourth-order valence-electron chi connectivity index (χ4n) is 3.57. The molecule has 0 fully saturated rings. The van der Waals surface area contributed by atoms with E-state index >= 15 is 0 Å². The lowest BCUT2D eigenvalue weighted by Crippen LogP contribution is -2.30. The van der Waals surface area contributed by atoms with E-state index in [0.717, 1.165) is 23.8 Å². The monoisotopic (exact) mass is 472 g/mol. The molecule has 0 bridgehead atoms. The molecule has 0 spiro atoms. The van der Waals surface area contributed by atoms with Crippen molar-refractivity contribution < 1.29 is 22.4 Å². The Kier molecular flexibility index (Phi) is 7.88. The second-order valence-electron chi connectivity index (χ2n) is 7.45. The zero-order valence-electron chi connectivity index (χ0n) is 19.0. The van der Waals surface area contributed by atoms with Gasteiger partial charge in [0.15, 0.2) is 6.61 Å². The van der Waals surface area contributed by atoms with Crippen molar-refractivity contribution >= 4 is 32.6 Å². The van der Waals surface area contributed by atoms with Crippen molar-refractivity contribution in [3.8, 4) is 5.75 Å². The predicted molar refractivity (Wildman–Crippen MR) is 127 cm³/mol. The van der Waals surface area contributed by atoms with Gasteiger partial charge in [0.05, 0.1) is 4.90 Å². The maximum atomic E-state index is 12.7. The fraction of sp³-hybridized carbons (Fsp3) is 0.333. The molecular weight excluding hydrogens is 444 g/mol. The van der Waals surface area contributed by atoms with Crippen LogP contribution in [-0.4, -0.2) is 38.3 Å². The first-order valence-electron chi connectivity index (χ1n) is 10.9. The molecule has 0 aliphatic rings.